The number of rotatable bonds is 5. The molecule has 1 N–H and O–H groups in total. The first-order chi connectivity index (χ1) is 15.3. The minimum atomic E-state index is -3.83. The van der Waals surface area contributed by atoms with Crippen LogP contribution >= 0.6 is 11.3 Å². The van der Waals surface area contributed by atoms with E-state index in [0.717, 1.165) is 48.3 Å². The second-order valence-corrected chi connectivity index (χ2v) is 11.1. The Morgan fingerprint density at radius 1 is 1.16 bits per heavy atom. The number of anilines is 1. The summed E-state index contributed by atoms with van der Waals surface area (Å²) in [7, 11) is -2.51. The molecule has 4 rings (SSSR count). The molecular formula is C22H25FN2O5S2. The second-order valence-electron chi connectivity index (χ2n) is 8.05. The normalized spacial score (nSPS) is 19.2. The van der Waals surface area contributed by atoms with Crippen LogP contribution in [0.15, 0.2) is 29.2 Å². The lowest BCUT2D eigenvalue weighted by atomic mass is 9.95. The number of ether oxygens (including phenoxy) is 1. The number of carbonyl (C=O) groups excluding carboxylic acids is 2. The summed E-state index contributed by atoms with van der Waals surface area (Å²) in [6.07, 6.45) is 4.75. The van der Waals surface area contributed by atoms with Crippen molar-refractivity contribution in [3.05, 3.63) is 46.1 Å². The Bertz CT molecular complexity index is 1130. The van der Waals surface area contributed by atoms with Crippen LogP contribution in [0.4, 0.5) is 9.39 Å². The number of nitrogens with one attached hydrogen (secondary N) is 1. The SMILES string of the molecule is COC(=O)c1c(NC(=O)C2CCCN(S(=O)(=O)c3ccc(F)cc3)C2)sc2c1CCCC2. The zero-order valence-electron chi connectivity index (χ0n) is 17.7. The number of hydrogen-bond donors (Lipinski definition) is 1. The van der Waals surface area contributed by atoms with Gasteiger partial charge in [0.1, 0.15) is 10.8 Å². The van der Waals surface area contributed by atoms with Gasteiger partial charge in [-0.2, -0.15) is 4.31 Å². The summed E-state index contributed by atoms with van der Waals surface area (Å²) in [5.74, 6) is -1.85. The van der Waals surface area contributed by atoms with Gasteiger partial charge in [0.05, 0.1) is 23.5 Å². The molecule has 1 atom stereocenters. The van der Waals surface area contributed by atoms with Crippen molar-refractivity contribution in [1.29, 1.82) is 0 Å². The molecule has 1 aromatic carbocycles. The smallest absolute Gasteiger partial charge is 0.341 e. The topological polar surface area (TPSA) is 92.8 Å². The molecule has 32 heavy (non-hydrogen) atoms. The molecule has 7 nitrogen and oxygen atoms in total. The van der Waals surface area contributed by atoms with Crippen LogP contribution in [-0.2, 0) is 32.4 Å². The first-order valence-corrected chi connectivity index (χ1v) is 12.9. The highest BCUT2D eigenvalue weighted by Crippen LogP contribution is 2.39. The third kappa shape index (κ3) is 4.44. The number of halogens is 1. The van der Waals surface area contributed by atoms with Crippen LogP contribution in [0.3, 0.4) is 0 Å². The molecule has 1 aliphatic heterocycles. The number of piperidine rings is 1. The van der Waals surface area contributed by atoms with Crippen LogP contribution in [0.5, 0.6) is 0 Å². The number of nitrogens with zero attached hydrogens (tertiary/aromatic N) is 1. The van der Waals surface area contributed by atoms with Gasteiger partial charge in [0, 0.05) is 18.0 Å². The number of aryl methyl sites for hydroxylation is 1. The predicted octanol–water partition coefficient (Wildman–Crippen LogP) is 3.59. The van der Waals surface area contributed by atoms with Gasteiger partial charge in [0.15, 0.2) is 0 Å². The van der Waals surface area contributed by atoms with Gasteiger partial charge in [-0.1, -0.05) is 0 Å². The Morgan fingerprint density at radius 3 is 2.59 bits per heavy atom. The summed E-state index contributed by atoms with van der Waals surface area (Å²) >= 11 is 1.40. The van der Waals surface area contributed by atoms with Gasteiger partial charge in [-0.25, -0.2) is 17.6 Å². The number of methoxy groups -OCH3 is 1. The van der Waals surface area contributed by atoms with E-state index in [4.69, 9.17) is 4.74 Å². The molecule has 0 saturated carbocycles. The van der Waals surface area contributed by atoms with Gasteiger partial charge >= 0.3 is 5.97 Å². The van der Waals surface area contributed by atoms with Gasteiger partial charge in [0.2, 0.25) is 15.9 Å². The minimum Gasteiger partial charge on any atom is -0.465 e. The highest BCUT2D eigenvalue weighted by atomic mass is 32.2. The Hall–Kier alpha value is -2.30. The minimum absolute atomic E-state index is 0.00105. The first kappa shape index (κ1) is 22.9. The van der Waals surface area contributed by atoms with E-state index in [-0.39, 0.29) is 17.3 Å². The van der Waals surface area contributed by atoms with Crippen molar-refractivity contribution in [2.24, 2.45) is 5.92 Å². The maximum Gasteiger partial charge on any atom is 0.341 e. The van der Waals surface area contributed by atoms with E-state index in [2.05, 4.69) is 5.32 Å². The number of amides is 1. The van der Waals surface area contributed by atoms with Crippen LogP contribution < -0.4 is 5.32 Å². The van der Waals surface area contributed by atoms with Gasteiger partial charge in [-0.05, 0) is 68.4 Å². The van der Waals surface area contributed by atoms with Gasteiger partial charge < -0.3 is 10.1 Å². The highest BCUT2D eigenvalue weighted by Gasteiger charge is 2.35. The highest BCUT2D eigenvalue weighted by molar-refractivity contribution is 7.89. The van der Waals surface area contributed by atoms with Crippen LogP contribution in [0.25, 0.3) is 0 Å². The largest absolute Gasteiger partial charge is 0.465 e. The number of thiophene rings is 1. The van der Waals surface area contributed by atoms with Gasteiger partial charge in [0.25, 0.3) is 0 Å². The van der Waals surface area contributed by atoms with Crippen LogP contribution in [0.1, 0.15) is 46.5 Å². The van der Waals surface area contributed by atoms with Crippen molar-refractivity contribution in [2.45, 2.75) is 43.4 Å². The summed E-state index contributed by atoms with van der Waals surface area (Å²) < 4.78 is 45.3. The van der Waals surface area contributed by atoms with Crippen molar-refractivity contribution in [1.82, 2.24) is 4.31 Å². The molecule has 0 spiro atoms. The van der Waals surface area contributed by atoms with Crippen molar-refractivity contribution in [3.8, 4) is 0 Å². The fourth-order valence-electron chi connectivity index (χ4n) is 4.32. The number of sulfonamides is 1. The summed E-state index contributed by atoms with van der Waals surface area (Å²) in [6, 6.07) is 4.67. The molecule has 1 saturated heterocycles. The summed E-state index contributed by atoms with van der Waals surface area (Å²) in [6.45, 7) is 0.328. The van der Waals surface area contributed by atoms with E-state index in [1.54, 1.807) is 0 Å². The molecule has 2 aromatic rings. The van der Waals surface area contributed by atoms with Crippen molar-refractivity contribution in [3.63, 3.8) is 0 Å². The third-order valence-corrected chi connectivity index (χ3v) is 9.09. The average molecular weight is 481 g/mol. The molecule has 2 heterocycles. The number of fused-ring (bicyclic) bond motifs is 1. The number of carbonyl (C=O) groups is 2. The van der Waals surface area contributed by atoms with Crippen LogP contribution in [-0.4, -0.2) is 44.8 Å². The number of hydrogen-bond acceptors (Lipinski definition) is 6. The molecule has 172 valence electrons. The van der Waals surface area contributed by atoms with Crippen LogP contribution in [0.2, 0.25) is 0 Å². The number of esters is 1. The lowest BCUT2D eigenvalue weighted by Gasteiger charge is -2.31. The maximum atomic E-state index is 13.2. The summed E-state index contributed by atoms with van der Waals surface area (Å²) in [5.41, 5.74) is 1.37. The average Bonchev–Trinajstić information content (AvgIpc) is 3.16. The Labute approximate surface area is 190 Å². The fourth-order valence-corrected chi connectivity index (χ4v) is 7.12. The summed E-state index contributed by atoms with van der Waals surface area (Å²) in [4.78, 5) is 26.6. The van der Waals surface area contributed by atoms with E-state index in [0.29, 0.717) is 30.0 Å². The third-order valence-electron chi connectivity index (χ3n) is 6.00. The molecule has 0 bridgehead atoms. The molecule has 1 aromatic heterocycles. The molecule has 2 aliphatic rings. The van der Waals surface area contributed by atoms with E-state index >= 15 is 0 Å². The van der Waals surface area contributed by atoms with Crippen LogP contribution in [0, 0.1) is 11.7 Å². The number of benzene rings is 1. The zero-order chi connectivity index (χ0) is 22.9. The standard InChI is InChI=1S/C22H25FN2O5S2/c1-30-22(27)19-17-6-2-3-7-18(17)31-21(19)24-20(26)14-5-4-12-25(13-14)32(28,29)16-10-8-15(23)9-11-16/h8-11,14H,2-7,12-13H2,1H3,(H,24,26). The molecular weight excluding hydrogens is 455 g/mol. The van der Waals surface area contributed by atoms with Gasteiger partial charge in [-0.15, -0.1) is 11.3 Å². The molecule has 10 heteroatoms. The monoisotopic (exact) mass is 480 g/mol. The Balaban J connectivity index is 1.53. The maximum absolute atomic E-state index is 13.2. The van der Waals surface area contributed by atoms with Crippen molar-refractivity contribution >= 4 is 38.2 Å². The molecule has 1 unspecified atom stereocenters. The lowest BCUT2D eigenvalue weighted by molar-refractivity contribution is -0.120. The van der Waals surface area contributed by atoms with E-state index < -0.39 is 27.7 Å². The Morgan fingerprint density at radius 2 is 1.88 bits per heavy atom. The van der Waals surface area contributed by atoms with E-state index in [9.17, 15) is 22.4 Å². The van der Waals surface area contributed by atoms with Crippen molar-refractivity contribution < 1.29 is 27.1 Å². The molecule has 1 amide bonds. The molecule has 1 fully saturated rings. The molecule has 1 aliphatic carbocycles. The molecule has 0 radical (unpaired) electrons. The second kappa shape index (κ2) is 9.29. The fraction of sp³-hybridized carbons (Fsp3) is 0.455. The Kier molecular flexibility index (Phi) is 6.64. The summed E-state index contributed by atoms with van der Waals surface area (Å²) in [5, 5.41) is 3.36. The van der Waals surface area contributed by atoms with Crippen molar-refractivity contribution in [2.75, 3.05) is 25.5 Å². The predicted molar refractivity (Wildman–Crippen MR) is 119 cm³/mol. The first-order valence-electron chi connectivity index (χ1n) is 10.6. The zero-order valence-corrected chi connectivity index (χ0v) is 19.4. The lowest BCUT2D eigenvalue weighted by Crippen LogP contribution is -2.43. The van der Waals surface area contributed by atoms with E-state index in [1.807, 2.05) is 0 Å². The van der Waals surface area contributed by atoms with Gasteiger partial charge in [-0.3, -0.25) is 4.79 Å². The van der Waals surface area contributed by atoms with E-state index in [1.165, 1.54) is 34.9 Å². The quantitative estimate of drug-likeness (QED) is 0.661.